The van der Waals surface area contributed by atoms with Gasteiger partial charge in [0, 0.05) is 36.4 Å². The van der Waals surface area contributed by atoms with Gasteiger partial charge in [-0.1, -0.05) is 32.0 Å². The molecule has 6 heteroatoms. The van der Waals surface area contributed by atoms with Crippen LogP contribution in [0.1, 0.15) is 45.2 Å². The van der Waals surface area contributed by atoms with Gasteiger partial charge in [-0.15, -0.1) is 0 Å². The van der Waals surface area contributed by atoms with E-state index in [1.165, 1.54) is 26.6 Å². The first-order valence-electron chi connectivity index (χ1n) is 10.3. The zero-order chi connectivity index (χ0) is 20.9. The Morgan fingerprint density at radius 3 is 2.34 bits per heavy atom. The molecule has 3 aliphatic heterocycles. The fourth-order valence-corrected chi connectivity index (χ4v) is 5.16. The Morgan fingerprint density at radius 2 is 1.72 bits per heavy atom. The molecule has 4 rings (SSSR count). The first-order chi connectivity index (χ1) is 13.8. The minimum absolute atomic E-state index is 0.179. The van der Waals surface area contributed by atoms with Crippen LogP contribution in [0.4, 0.5) is 5.69 Å². The van der Waals surface area contributed by atoms with Crippen LogP contribution in [0.3, 0.4) is 0 Å². The monoisotopic (exact) mass is 409 g/mol. The summed E-state index contributed by atoms with van der Waals surface area (Å²) >= 11 is 5.35. The Bertz CT molecular complexity index is 948. The molecule has 2 amide bonds. The standard InChI is InChI=1S/C23H27N3O2S/c1-5-24-20(27)16(21(28)25(6-2)22(24)29)12-13-18-23(3,4)17-11-7-9-15-10-8-14-26(18)19(15)17/h7,9,11-13H,5-6,8,10,14H2,1-4H3/b18-13+. The summed E-state index contributed by atoms with van der Waals surface area (Å²) in [6.07, 6.45) is 5.86. The number of likely N-dealkylation sites (N-methyl/N-ethyl adjacent to an activating group) is 2. The number of para-hydroxylation sites is 1. The second-order valence-corrected chi connectivity index (χ2v) is 8.57. The molecule has 0 bridgehead atoms. The lowest BCUT2D eigenvalue weighted by molar-refractivity contribution is -0.133. The summed E-state index contributed by atoms with van der Waals surface area (Å²) in [5, 5.41) is 0.295. The maximum Gasteiger partial charge on any atom is 0.265 e. The lowest BCUT2D eigenvalue weighted by atomic mass is 9.83. The minimum Gasteiger partial charge on any atom is -0.344 e. The molecule has 0 aliphatic carbocycles. The van der Waals surface area contributed by atoms with Crippen molar-refractivity contribution in [1.82, 2.24) is 9.80 Å². The van der Waals surface area contributed by atoms with Crippen molar-refractivity contribution >= 4 is 34.8 Å². The lowest BCUT2D eigenvalue weighted by Crippen LogP contribution is -2.55. The number of carbonyl (C=O) groups is 2. The van der Waals surface area contributed by atoms with Crippen LogP contribution in [-0.4, -0.2) is 46.4 Å². The highest BCUT2D eigenvalue weighted by Crippen LogP contribution is 2.51. The molecule has 0 atom stereocenters. The number of hydrogen-bond donors (Lipinski definition) is 0. The van der Waals surface area contributed by atoms with Crippen molar-refractivity contribution in [3.05, 3.63) is 52.7 Å². The van der Waals surface area contributed by atoms with Crippen molar-refractivity contribution in [1.29, 1.82) is 0 Å². The van der Waals surface area contributed by atoms with E-state index in [9.17, 15) is 9.59 Å². The maximum absolute atomic E-state index is 12.9. The van der Waals surface area contributed by atoms with Crippen molar-refractivity contribution in [2.45, 2.75) is 46.0 Å². The number of amides is 2. The van der Waals surface area contributed by atoms with Crippen molar-refractivity contribution in [2.75, 3.05) is 24.5 Å². The van der Waals surface area contributed by atoms with Crippen molar-refractivity contribution in [3.8, 4) is 0 Å². The topological polar surface area (TPSA) is 43.9 Å². The van der Waals surface area contributed by atoms with Gasteiger partial charge in [0.15, 0.2) is 5.11 Å². The summed E-state index contributed by atoms with van der Waals surface area (Å²) in [6.45, 7) is 10.0. The van der Waals surface area contributed by atoms with Crippen molar-refractivity contribution < 1.29 is 9.59 Å². The Labute approximate surface area is 177 Å². The zero-order valence-corrected chi connectivity index (χ0v) is 18.3. The van der Waals surface area contributed by atoms with E-state index < -0.39 is 0 Å². The third-order valence-electron chi connectivity index (χ3n) is 6.28. The number of anilines is 1. The van der Waals surface area contributed by atoms with Gasteiger partial charge in [-0.2, -0.15) is 0 Å². The van der Waals surface area contributed by atoms with E-state index >= 15 is 0 Å². The van der Waals surface area contributed by atoms with Crippen molar-refractivity contribution in [2.24, 2.45) is 0 Å². The smallest absolute Gasteiger partial charge is 0.265 e. The summed E-state index contributed by atoms with van der Waals surface area (Å²) in [5.41, 5.74) is 5.12. The first-order valence-corrected chi connectivity index (χ1v) is 10.7. The number of carbonyl (C=O) groups excluding carboxylic acids is 2. The predicted molar refractivity (Wildman–Crippen MR) is 119 cm³/mol. The van der Waals surface area contributed by atoms with Gasteiger partial charge in [-0.05, 0) is 62.2 Å². The van der Waals surface area contributed by atoms with Crippen LogP contribution in [0.15, 0.2) is 41.6 Å². The van der Waals surface area contributed by atoms with Gasteiger partial charge in [0.25, 0.3) is 11.8 Å². The highest BCUT2D eigenvalue weighted by atomic mass is 32.1. The van der Waals surface area contributed by atoms with Crippen LogP contribution in [0, 0.1) is 0 Å². The average Bonchev–Trinajstić information content (AvgIpc) is 2.91. The van der Waals surface area contributed by atoms with Gasteiger partial charge < -0.3 is 4.90 Å². The highest BCUT2D eigenvalue weighted by Gasteiger charge is 2.42. The fraction of sp³-hybridized carbons (Fsp3) is 0.435. The number of nitrogens with zero attached hydrogens (tertiary/aromatic N) is 3. The van der Waals surface area contributed by atoms with E-state index in [4.69, 9.17) is 12.2 Å². The maximum atomic E-state index is 12.9. The highest BCUT2D eigenvalue weighted by molar-refractivity contribution is 7.80. The summed E-state index contributed by atoms with van der Waals surface area (Å²) in [7, 11) is 0. The number of rotatable bonds is 3. The molecule has 3 aliphatic rings. The molecule has 0 radical (unpaired) electrons. The molecule has 5 nitrogen and oxygen atoms in total. The molecule has 0 unspecified atom stereocenters. The number of thiocarbonyl (C=S) groups is 1. The van der Waals surface area contributed by atoms with Crippen LogP contribution in [-0.2, 0) is 21.4 Å². The summed E-state index contributed by atoms with van der Waals surface area (Å²) in [5.74, 6) is -0.617. The van der Waals surface area contributed by atoms with Gasteiger partial charge in [-0.3, -0.25) is 19.4 Å². The molecule has 1 saturated heterocycles. The van der Waals surface area contributed by atoms with E-state index in [-0.39, 0.29) is 22.8 Å². The quantitative estimate of drug-likeness (QED) is 0.435. The molecular weight excluding hydrogens is 382 g/mol. The van der Waals surface area contributed by atoms with Crippen LogP contribution in [0.25, 0.3) is 0 Å². The van der Waals surface area contributed by atoms with E-state index in [0.29, 0.717) is 18.2 Å². The summed E-state index contributed by atoms with van der Waals surface area (Å²) < 4.78 is 0. The second-order valence-electron chi connectivity index (χ2n) is 8.21. The lowest BCUT2D eigenvalue weighted by Gasteiger charge is -2.35. The molecule has 1 fully saturated rings. The van der Waals surface area contributed by atoms with E-state index in [1.807, 2.05) is 19.9 Å². The summed E-state index contributed by atoms with van der Waals surface area (Å²) in [6, 6.07) is 6.53. The number of benzene rings is 1. The van der Waals surface area contributed by atoms with Gasteiger partial charge in [-0.25, -0.2) is 0 Å². The van der Waals surface area contributed by atoms with Crippen LogP contribution >= 0.6 is 12.2 Å². The van der Waals surface area contributed by atoms with Gasteiger partial charge in [0.1, 0.15) is 5.57 Å². The Morgan fingerprint density at radius 1 is 1.07 bits per heavy atom. The second kappa shape index (κ2) is 7.10. The molecule has 152 valence electrons. The number of aryl methyl sites for hydroxylation is 1. The van der Waals surface area contributed by atoms with Crippen LogP contribution < -0.4 is 4.90 Å². The molecule has 0 saturated carbocycles. The first kappa shape index (κ1) is 19.8. The van der Waals surface area contributed by atoms with Crippen LogP contribution in [0.5, 0.6) is 0 Å². The van der Waals surface area contributed by atoms with E-state index in [0.717, 1.165) is 25.1 Å². The SMILES string of the molecule is CCN1C(=O)C(=C/C=C2/N3CCCc4cccc(c43)C2(C)C)C(=O)N(CC)C1=S. The predicted octanol–water partition coefficient (Wildman–Crippen LogP) is 3.54. The normalized spacial score (nSPS) is 21.9. The third-order valence-corrected chi connectivity index (χ3v) is 6.72. The van der Waals surface area contributed by atoms with Gasteiger partial charge in [0.05, 0.1) is 0 Å². The molecule has 29 heavy (non-hydrogen) atoms. The largest absolute Gasteiger partial charge is 0.344 e. The Kier molecular flexibility index (Phi) is 4.85. The van der Waals surface area contributed by atoms with Gasteiger partial charge in [0.2, 0.25) is 0 Å². The Hall–Kier alpha value is -2.47. The molecular formula is C23H27N3O2S. The van der Waals surface area contributed by atoms with Gasteiger partial charge >= 0.3 is 0 Å². The molecule has 3 heterocycles. The number of hydrogen-bond acceptors (Lipinski definition) is 4. The Balaban J connectivity index is 1.79. The van der Waals surface area contributed by atoms with E-state index in [2.05, 4.69) is 36.9 Å². The average molecular weight is 410 g/mol. The molecule has 1 aromatic rings. The molecule has 0 aromatic heterocycles. The molecule has 1 aromatic carbocycles. The minimum atomic E-state index is -0.309. The third kappa shape index (κ3) is 2.84. The van der Waals surface area contributed by atoms with Crippen molar-refractivity contribution in [3.63, 3.8) is 0 Å². The van der Waals surface area contributed by atoms with Crippen LogP contribution in [0.2, 0.25) is 0 Å². The molecule has 0 spiro atoms. The summed E-state index contributed by atoms with van der Waals surface area (Å²) in [4.78, 5) is 31.2. The van der Waals surface area contributed by atoms with E-state index in [1.54, 1.807) is 6.08 Å². The fourth-order valence-electron chi connectivity index (χ4n) is 4.73. The zero-order valence-electron chi connectivity index (χ0n) is 17.5. The number of allylic oxidation sites excluding steroid dienone is 3. The molecule has 0 N–H and O–H groups in total.